The van der Waals surface area contributed by atoms with E-state index in [-0.39, 0.29) is 0 Å². The van der Waals surface area contributed by atoms with Gasteiger partial charge in [0.15, 0.2) is 5.58 Å². The Kier molecular flexibility index (Phi) is 3.89. The maximum atomic E-state index is 5.77. The smallest absolute Gasteiger partial charge is 0.209 e. The number of fused-ring (bicyclic) bond motifs is 1. The van der Waals surface area contributed by atoms with E-state index < -0.39 is 0 Å². The Bertz CT molecular complexity index is 574. The minimum atomic E-state index is 0.694. The Balaban J connectivity index is 1.62. The first kappa shape index (κ1) is 13.4. The van der Waals surface area contributed by atoms with Crippen LogP contribution in [0.5, 0.6) is 0 Å². The summed E-state index contributed by atoms with van der Waals surface area (Å²) in [5.41, 5.74) is 8.11. The van der Waals surface area contributed by atoms with Crippen molar-refractivity contribution in [1.29, 1.82) is 0 Å². The fourth-order valence-electron chi connectivity index (χ4n) is 2.79. The number of aromatic nitrogens is 1. The van der Waals surface area contributed by atoms with Gasteiger partial charge >= 0.3 is 0 Å². The highest BCUT2D eigenvalue weighted by molar-refractivity contribution is 5.76. The van der Waals surface area contributed by atoms with Crippen molar-refractivity contribution in [3.05, 3.63) is 24.1 Å². The molecule has 0 amide bonds. The Morgan fingerprint density at radius 2 is 2.20 bits per heavy atom. The van der Waals surface area contributed by atoms with Gasteiger partial charge in [-0.2, -0.15) is 0 Å². The summed E-state index contributed by atoms with van der Waals surface area (Å²) in [7, 11) is 1.77. The summed E-state index contributed by atoms with van der Waals surface area (Å²) in [6.45, 7) is 3.80. The largest absolute Gasteiger partial charge is 0.439 e. The summed E-state index contributed by atoms with van der Waals surface area (Å²) in [5.74, 6) is 1.47. The minimum Gasteiger partial charge on any atom is -0.439 e. The summed E-state index contributed by atoms with van der Waals surface area (Å²) in [5, 5.41) is 0. The molecule has 1 fully saturated rings. The van der Waals surface area contributed by atoms with Crippen LogP contribution in [0.15, 0.2) is 22.6 Å². The van der Waals surface area contributed by atoms with Crippen LogP contribution in [-0.4, -0.2) is 36.7 Å². The van der Waals surface area contributed by atoms with Crippen molar-refractivity contribution in [2.45, 2.75) is 19.4 Å². The van der Waals surface area contributed by atoms with Crippen LogP contribution in [0.3, 0.4) is 0 Å². The second-order valence-corrected chi connectivity index (χ2v) is 5.51. The van der Waals surface area contributed by atoms with Gasteiger partial charge in [-0.25, -0.2) is 4.98 Å². The van der Waals surface area contributed by atoms with E-state index in [1.807, 2.05) is 18.2 Å². The van der Waals surface area contributed by atoms with Gasteiger partial charge in [-0.05, 0) is 44.0 Å². The van der Waals surface area contributed by atoms with Crippen LogP contribution < -0.4 is 5.73 Å². The molecule has 1 aliphatic heterocycles. The normalized spacial score (nSPS) is 17.9. The van der Waals surface area contributed by atoms with Crippen LogP contribution in [0.4, 0.5) is 5.69 Å². The van der Waals surface area contributed by atoms with Gasteiger partial charge in [0.25, 0.3) is 0 Å². The van der Waals surface area contributed by atoms with E-state index in [1.165, 1.54) is 12.8 Å². The highest BCUT2D eigenvalue weighted by atomic mass is 16.5. The van der Waals surface area contributed by atoms with Crippen molar-refractivity contribution in [1.82, 2.24) is 9.88 Å². The molecule has 0 atom stereocenters. The number of anilines is 1. The molecule has 1 aromatic carbocycles. The topological polar surface area (TPSA) is 64.5 Å². The van der Waals surface area contributed by atoms with Crippen LogP contribution in [0.25, 0.3) is 11.1 Å². The van der Waals surface area contributed by atoms with E-state index in [0.29, 0.717) is 11.6 Å². The highest BCUT2D eigenvalue weighted by Gasteiger charge is 2.20. The summed E-state index contributed by atoms with van der Waals surface area (Å²) >= 11 is 0. The first-order chi connectivity index (χ1) is 9.74. The molecule has 0 aliphatic carbocycles. The number of nitrogen functional groups attached to an aromatic ring is 1. The molecular formula is C15H21N3O2. The Hall–Kier alpha value is -1.59. The van der Waals surface area contributed by atoms with Gasteiger partial charge in [0.2, 0.25) is 5.89 Å². The Morgan fingerprint density at radius 1 is 1.40 bits per heavy atom. The SMILES string of the molecule is COCC1CCN(Cc2nc3ccc(N)cc3o2)CC1. The highest BCUT2D eigenvalue weighted by Crippen LogP contribution is 2.22. The number of benzene rings is 1. The first-order valence-corrected chi connectivity index (χ1v) is 7.11. The van der Waals surface area contributed by atoms with Gasteiger partial charge < -0.3 is 14.9 Å². The molecule has 20 heavy (non-hydrogen) atoms. The molecule has 0 radical (unpaired) electrons. The third-order valence-electron chi connectivity index (χ3n) is 3.93. The quantitative estimate of drug-likeness (QED) is 0.867. The molecule has 1 saturated heterocycles. The zero-order valence-corrected chi connectivity index (χ0v) is 11.8. The van der Waals surface area contributed by atoms with E-state index in [2.05, 4.69) is 9.88 Å². The van der Waals surface area contributed by atoms with Crippen LogP contribution in [0.1, 0.15) is 18.7 Å². The lowest BCUT2D eigenvalue weighted by Crippen LogP contribution is -2.34. The van der Waals surface area contributed by atoms with E-state index in [0.717, 1.165) is 43.2 Å². The average Bonchev–Trinajstić information content (AvgIpc) is 2.82. The monoisotopic (exact) mass is 275 g/mol. The molecule has 0 saturated carbocycles. The molecule has 0 unspecified atom stereocenters. The molecule has 108 valence electrons. The molecule has 0 bridgehead atoms. The number of hydrogen-bond donors (Lipinski definition) is 1. The molecule has 1 aliphatic rings. The van der Waals surface area contributed by atoms with Crippen LogP contribution in [-0.2, 0) is 11.3 Å². The predicted molar refractivity (Wildman–Crippen MR) is 78.3 cm³/mol. The molecule has 3 rings (SSSR count). The van der Waals surface area contributed by atoms with Crippen molar-refractivity contribution in [3.8, 4) is 0 Å². The zero-order valence-electron chi connectivity index (χ0n) is 11.8. The summed E-state index contributed by atoms with van der Waals surface area (Å²) < 4.78 is 11.0. The average molecular weight is 275 g/mol. The third kappa shape index (κ3) is 2.94. The molecule has 1 aromatic heterocycles. The first-order valence-electron chi connectivity index (χ1n) is 7.11. The number of nitrogens with two attached hydrogens (primary N) is 1. The minimum absolute atomic E-state index is 0.694. The lowest BCUT2D eigenvalue weighted by molar-refractivity contribution is 0.0934. The maximum absolute atomic E-state index is 5.77. The fraction of sp³-hybridized carbons (Fsp3) is 0.533. The fourth-order valence-corrected chi connectivity index (χ4v) is 2.79. The molecule has 0 spiro atoms. The van der Waals surface area contributed by atoms with E-state index in [9.17, 15) is 0 Å². The number of ether oxygens (including phenoxy) is 1. The van der Waals surface area contributed by atoms with Gasteiger partial charge in [0.1, 0.15) is 5.52 Å². The number of oxazole rings is 1. The second-order valence-electron chi connectivity index (χ2n) is 5.51. The van der Waals surface area contributed by atoms with Crippen molar-refractivity contribution < 1.29 is 9.15 Å². The zero-order chi connectivity index (χ0) is 13.9. The van der Waals surface area contributed by atoms with Crippen LogP contribution in [0, 0.1) is 5.92 Å². The number of methoxy groups -OCH3 is 1. The van der Waals surface area contributed by atoms with E-state index in [1.54, 1.807) is 7.11 Å². The summed E-state index contributed by atoms with van der Waals surface area (Å²) in [6, 6.07) is 5.59. The molecular weight excluding hydrogens is 254 g/mol. The predicted octanol–water partition coefficient (Wildman–Crippen LogP) is 2.27. The lowest BCUT2D eigenvalue weighted by Gasteiger charge is -2.30. The van der Waals surface area contributed by atoms with Crippen molar-refractivity contribution >= 4 is 16.8 Å². The van der Waals surface area contributed by atoms with Gasteiger partial charge in [-0.15, -0.1) is 0 Å². The number of rotatable bonds is 4. The maximum Gasteiger partial charge on any atom is 0.209 e. The Labute approximate surface area is 118 Å². The second kappa shape index (κ2) is 5.81. The number of hydrogen-bond acceptors (Lipinski definition) is 5. The Morgan fingerprint density at radius 3 is 2.95 bits per heavy atom. The number of nitrogens with zero attached hydrogens (tertiary/aromatic N) is 2. The van der Waals surface area contributed by atoms with Gasteiger partial charge in [0.05, 0.1) is 6.54 Å². The number of piperidine rings is 1. The van der Waals surface area contributed by atoms with E-state index in [4.69, 9.17) is 14.9 Å². The summed E-state index contributed by atoms with van der Waals surface area (Å²) in [6.07, 6.45) is 2.36. The van der Waals surface area contributed by atoms with E-state index >= 15 is 0 Å². The van der Waals surface area contributed by atoms with Gasteiger partial charge in [-0.1, -0.05) is 0 Å². The van der Waals surface area contributed by atoms with Crippen molar-refractivity contribution in [2.24, 2.45) is 5.92 Å². The lowest BCUT2D eigenvalue weighted by atomic mass is 9.98. The summed E-state index contributed by atoms with van der Waals surface area (Å²) in [4.78, 5) is 6.90. The molecule has 5 heteroatoms. The van der Waals surface area contributed by atoms with Crippen LogP contribution in [0.2, 0.25) is 0 Å². The third-order valence-corrected chi connectivity index (χ3v) is 3.93. The standard InChI is InChI=1S/C15H21N3O2/c1-19-10-11-4-6-18(7-5-11)9-15-17-13-3-2-12(16)8-14(13)20-15/h2-3,8,11H,4-7,9-10,16H2,1H3. The van der Waals surface area contributed by atoms with Crippen LogP contribution >= 0.6 is 0 Å². The molecule has 2 aromatic rings. The molecule has 2 heterocycles. The van der Waals surface area contributed by atoms with Crippen molar-refractivity contribution in [2.75, 3.05) is 32.5 Å². The molecule has 5 nitrogen and oxygen atoms in total. The number of likely N-dealkylation sites (tertiary alicyclic amines) is 1. The van der Waals surface area contributed by atoms with Gasteiger partial charge in [0, 0.05) is 25.5 Å². The van der Waals surface area contributed by atoms with Crippen molar-refractivity contribution in [3.63, 3.8) is 0 Å². The molecule has 2 N–H and O–H groups in total. The van der Waals surface area contributed by atoms with Gasteiger partial charge in [-0.3, -0.25) is 4.90 Å².